The summed E-state index contributed by atoms with van der Waals surface area (Å²) in [6.07, 6.45) is 0.155. The van der Waals surface area contributed by atoms with Crippen molar-refractivity contribution in [1.82, 2.24) is 10.2 Å². The van der Waals surface area contributed by atoms with Gasteiger partial charge >= 0.3 is 5.97 Å². The number of carbonyl (C=O) groups is 3. The Labute approximate surface area is 255 Å². The normalized spacial score (nSPS) is 14.9. The first kappa shape index (κ1) is 29.7. The summed E-state index contributed by atoms with van der Waals surface area (Å²) in [5, 5.41) is 15.8. The summed E-state index contributed by atoms with van der Waals surface area (Å²) in [6.45, 7) is 0.219. The van der Waals surface area contributed by atoms with E-state index >= 15 is 0 Å². The van der Waals surface area contributed by atoms with Crippen molar-refractivity contribution in [2.45, 2.75) is 31.7 Å². The fraction of sp³-hybridized carbons (Fsp3) is 0.194. The summed E-state index contributed by atoms with van der Waals surface area (Å²) in [7, 11) is 0. The second-order valence-electron chi connectivity index (χ2n) is 9.76. The Balaban J connectivity index is 1.30. The van der Waals surface area contributed by atoms with Crippen LogP contribution in [0.4, 0.5) is 5.69 Å². The van der Waals surface area contributed by atoms with E-state index in [-0.39, 0.29) is 42.8 Å². The molecule has 2 atom stereocenters. The average molecular weight is 620 g/mol. The molecule has 4 aromatic rings. The lowest BCUT2D eigenvalue weighted by molar-refractivity contribution is -0.384. The number of β-lactam (4-membered cyclic amide) rings is 1. The topological polar surface area (TPSA) is 128 Å². The summed E-state index contributed by atoms with van der Waals surface area (Å²) in [4.78, 5) is 51.7. The Morgan fingerprint density at radius 3 is 2.42 bits per heavy atom. The van der Waals surface area contributed by atoms with Gasteiger partial charge in [0, 0.05) is 17.0 Å². The lowest BCUT2D eigenvalue weighted by atomic mass is 9.98. The fourth-order valence-corrected chi connectivity index (χ4v) is 5.49. The van der Waals surface area contributed by atoms with Gasteiger partial charge in [-0.2, -0.15) is 0 Å². The molecule has 1 saturated heterocycles. The van der Waals surface area contributed by atoms with Gasteiger partial charge in [0.2, 0.25) is 11.8 Å². The zero-order chi connectivity index (χ0) is 30.3. The first-order valence-corrected chi connectivity index (χ1v) is 14.5. The Morgan fingerprint density at radius 1 is 1.02 bits per heavy atom. The van der Waals surface area contributed by atoms with Crippen LogP contribution in [0.15, 0.2) is 90.3 Å². The minimum atomic E-state index is -1.14. The van der Waals surface area contributed by atoms with Crippen LogP contribution in [0.5, 0.6) is 5.75 Å². The predicted octanol–water partition coefficient (Wildman–Crippen LogP) is 5.24. The van der Waals surface area contributed by atoms with Crippen molar-refractivity contribution in [3.8, 4) is 5.75 Å². The van der Waals surface area contributed by atoms with E-state index in [1.165, 1.54) is 40.5 Å². The molecule has 10 nitrogen and oxygen atoms in total. The van der Waals surface area contributed by atoms with Crippen LogP contribution in [0.3, 0.4) is 0 Å². The van der Waals surface area contributed by atoms with E-state index in [0.717, 1.165) is 10.4 Å². The van der Waals surface area contributed by atoms with Gasteiger partial charge in [-0.3, -0.25) is 19.7 Å². The number of nitrogens with zero attached hydrogens (tertiary/aromatic N) is 2. The van der Waals surface area contributed by atoms with E-state index in [1.54, 1.807) is 18.2 Å². The van der Waals surface area contributed by atoms with Crippen LogP contribution in [0.2, 0.25) is 5.02 Å². The number of hydrogen-bond donors (Lipinski definition) is 1. The van der Waals surface area contributed by atoms with Gasteiger partial charge in [0.05, 0.1) is 22.9 Å². The first-order valence-electron chi connectivity index (χ1n) is 13.3. The van der Waals surface area contributed by atoms with Gasteiger partial charge in [0.25, 0.3) is 5.69 Å². The van der Waals surface area contributed by atoms with Crippen LogP contribution in [0, 0.1) is 10.1 Å². The van der Waals surface area contributed by atoms with Crippen molar-refractivity contribution in [3.63, 3.8) is 0 Å². The van der Waals surface area contributed by atoms with E-state index < -0.39 is 28.9 Å². The molecule has 0 bridgehead atoms. The van der Waals surface area contributed by atoms with Crippen LogP contribution < -0.4 is 10.1 Å². The quantitative estimate of drug-likeness (QED) is 0.0993. The van der Waals surface area contributed by atoms with Gasteiger partial charge in [0.15, 0.2) is 6.04 Å². The van der Waals surface area contributed by atoms with Crippen LogP contribution in [-0.4, -0.2) is 40.2 Å². The third kappa shape index (κ3) is 7.37. The van der Waals surface area contributed by atoms with Gasteiger partial charge in [-0.25, -0.2) is 4.79 Å². The molecule has 3 aromatic carbocycles. The predicted molar refractivity (Wildman–Crippen MR) is 160 cm³/mol. The van der Waals surface area contributed by atoms with Gasteiger partial charge in [-0.15, -0.1) is 11.3 Å². The smallest absolute Gasteiger partial charge is 0.333 e. The first-order chi connectivity index (χ1) is 20.8. The number of carbonyl (C=O) groups excluding carboxylic acids is 3. The third-order valence-electron chi connectivity index (χ3n) is 6.78. The minimum Gasteiger partial charge on any atom is -0.487 e. The zero-order valence-corrected chi connectivity index (χ0v) is 24.3. The molecule has 2 heterocycles. The molecule has 1 N–H and O–H groups in total. The molecule has 220 valence electrons. The monoisotopic (exact) mass is 619 g/mol. The molecule has 1 aliphatic rings. The number of likely N-dealkylation sites (tertiary alicyclic amines) is 1. The van der Waals surface area contributed by atoms with Crippen molar-refractivity contribution >= 4 is 46.4 Å². The molecule has 0 aliphatic carbocycles. The summed E-state index contributed by atoms with van der Waals surface area (Å²) in [5.74, 6) is -1.04. The van der Waals surface area contributed by atoms with Crippen LogP contribution in [-0.2, 0) is 38.8 Å². The maximum Gasteiger partial charge on any atom is 0.333 e. The van der Waals surface area contributed by atoms with E-state index in [2.05, 4.69) is 5.32 Å². The lowest BCUT2D eigenvalue weighted by Crippen LogP contribution is -2.65. The molecule has 12 heteroatoms. The van der Waals surface area contributed by atoms with Crippen LogP contribution in [0.25, 0.3) is 0 Å². The summed E-state index contributed by atoms with van der Waals surface area (Å²) < 4.78 is 11.4. The highest BCUT2D eigenvalue weighted by molar-refractivity contribution is 7.10. The van der Waals surface area contributed by atoms with Crippen molar-refractivity contribution < 1.29 is 28.8 Å². The van der Waals surface area contributed by atoms with Crippen molar-refractivity contribution in [3.05, 3.63) is 127 Å². The summed E-state index contributed by atoms with van der Waals surface area (Å²) in [5.41, 5.74) is 1.81. The Bertz CT molecular complexity index is 1610. The number of halogens is 1. The van der Waals surface area contributed by atoms with E-state index in [4.69, 9.17) is 21.1 Å². The number of rotatable bonds is 12. The number of hydrogen-bond acceptors (Lipinski definition) is 8. The van der Waals surface area contributed by atoms with Crippen molar-refractivity contribution in [2.24, 2.45) is 0 Å². The number of nitro groups is 1. The SMILES string of the molecule is O=C(Cc1cccs1)NC1CN(C(C(=O)OCc2ccc([N+](=O)[O-])cc2)c2ccc(OCc3ccccc3)c(Cl)c2)C1=O. The maximum atomic E-state index is 13.4. The number of non-ortho nitro benzene ring substituents is 1. The second kappa shape index (κ2) is 13.5. The molecule has 2 amide bonds. The molecule has 5 rings (SSSR count). The number of thiophene rings is 1. The molecule has 1 aromatic heterocycles. The minimum absolute atomic E-state index is 0.0875. The summed E-state index contributed by atoms with van der Waals surface area (Å²) >= 11 is 7.98. The number of esters is 1. The number of ether oxygens (including phenoxy) is 2. The Kier molecular flexibility index (Phi) is 9.33. The standard InChI is InChI=1S/C31H26ClN3O7S/c32-25-15-22(10-13-27(25)41-18-20-5-2-1-3-6-20)29(31(38)42-19-21-8-11-23(12-9-21)35(39)40)34-17-26(30(34)37)33-28(36)16-24-7-4-14-43-24/h1-15,26,29H,16-19H2,(H,33,36). The zero-order valence-electron chi connectivity index (χ0n) is 22.7. The number of nitro benzene ring substituents is 1. The lowest BCUT2D eigenvalue weighted by Gasteiger charge is -2.42. The largest absolute Gasteiger partial charge is 0.487 e. The molecule has 0 saturated carbocycles. The molecule has 1 aliphatic heterocycles. The van der Waals surface area contributed by atoms with E-state index in [1.807, 2.05) is 47.8 Å². The molecule has 0 radical (unpaired) electrons. The molecule has 43 heavy (non-hydrogen) atoms. The second-order valence-corrected chi connectivity index (χ2v) is 11.2. The van der Waals surface area contributed by atoms with Crippen LogP contribution in [0.1, 0.15) is 27.6 Å². The van der Waals surface area contributed by atoms with E-state index in [9.17, 15) is 24.5 Å². The number of amides is 2. The van der Waals surface area contributed by atoms with Gasteiger partial charge < -0.3 is 19.7 Å². The van der Waals surface area contributed by atoms with E-state index in [0.29, 0.717) is 16.9 Å². The molecule has 1 fully saturated rings. The fourth-order valence-electron chi connectivity index (χ4n) is 4.54. The highest BCUT2D eigenvalue weighted by atomic mass is 35.5. The highest BCUT2D eigenvalue weighted by Gasteiger charge is 2.45. The Morgan fingerprint density at radius 2 is 1.77 bits per heavy atom. The van der Waals surface area contributed by atoms with Crippen molar-refractivity contribution in [1.29, 1.82) is 0 Å². The summed E-state index contributed by atoms with van der Waals surface area (Å²) in [6, 6.07) is 21.7. The van der Waals surface area contributed by atoms with Gasteiger partial charge in [-0.05, 0) is 52.4 Å². The third-order valence-corrected chi connectivity index (χ3v) is 7.95. The number of benzene rings is 3. The van der Waals surface area contributed by atoms with Gasteiger partial charge in [0.1, 0.15) is 25.0 Å². The Hall–Kier alpha value is -4.74. The molecule has 2 unspecified atom stereocenters. The highest BCUT2D eigenvalue weighted by Crippen LogP contribution is 2.34. The maximum absolute atomic E-state index is 13.4. The van der Waals surface area contributed by atoms with Crippen molar-refractivity contribution in [2.75, 3.05) is 6.54 Å². The molecule has 0 spiro atoms. The number of nitrogens with one attached hydrogen (secondary N) is 1. The molecular weight excluding hydrogens is 594 g/mol. The average Bonchev–Trinajstić information content (AvgIpc) is 3.52. The molecular formula is C31H26ClN3O7S. The van der Waals surface area contributed by atoms with Gasteiger partial charge in [-0.1, -0.05) is 54.1 Å². The van der Waals surface area contributed by atoms with Crippen LogP contribution >= 0.6 is 22.9 Å².